The van der Waals surface area contributed by atoms with Gasteiger partial charge in [0.1, 0.15) is 0 Å². The maximum absolute atomic E-state index is 12.5. The van der Waals surface area contributed by atoms with Crippen molar-refractivity contribution in [2.45, 2.75) is 58.2 Å². The summed E-state index contributed by atoms with van der Waals surface area (Å²) in [7, 11) is 0.897. The monoisotopic (exact) mass is 289 g/mol. The lowest BCUT2D eigenvalue weighted by atomic mass is 9.71. The van der Waals surface area contributed by atoms with Crippen molar-refractivity contribution in [3.05, 3.63) is 0 Å². The van der Waals surface area contributed by atoms with Crippen LogP contribution in [0.1, 0.15) is 47.0 Å². The molecule has 114 valence electrons. The van der Waals surface area contributed by atoms with Gasteiger partial charge in [0.05, 0.1) is 11.9 Å². The summed E-state index contributed by atoms with van der Waals surface area (Å²) in [6, 6.07) is 0.418. The lowest BCUT2D eigenvalue weighted by molar-refractivity contribution is 0.163. The van der Waals surface area contributed by atoms with E-state index >= 15 is 0 Å². The van der Waals surface area contributed by atoms with Gasteiger partial charge >= 0.3 is 0 Å². The SMILES string of the molecule is CCNC1CCC(C(C)(C)C)CC1S(=O)CCOC. The standard InChI is InChI=1S/C15H31NO2S/c1-6-16-13-8-7-12(15(2,3)4)11-14(13)19(17)10-9-18-5/h12-14,16H,6-11H2,1-5H3. The van der Waals surface area contributed by atoms with Gasteiger partial charge in [-0.2, -0.15) is 0 Å². The average Bonchev–Trinajstić information content (AvgIpc) is 2.35. The first-order valence-corrected chi connectivity index (χ1v) is 8.87. The fraction of sp³-hybridized carbons (Fsp3) is 1.00. The van der Waals surface area contributed by atoms with Crippen molar-refractivity contribution in [2.75, 3.05) is 26.0 Å². The third-order valence-electron chi connectivity index (χ3n) is 4.31. The molecule has 0 bridgehead atoms. The summed E-state index contributed by atoms with van der Waals surface area (Å²) in [6.45, 7) is 10.6. The van der Waals surface area contributed by atoms with Gasteiger partial charge in [-0.1, -0.05) is 27.7 Å². The second-order valence-electron chi connectivity index (χ2n) is 6.66. The summed E-state index contributed by atoms with van der Waals surface area (Å²) >= 11 is 0. The van der Waals surface area contributed by atoms with Crippen molar-refractivity contribution in [3.63, 3.8) is 0 Å². The maximum atomic E-state index is 12.5. The van der Waals surface area contributed by atoms with E-state index in [0.29, 0.717) is 29.7 Å². The number of nitrogens with one attached hydrogen (secondary N) is 1. The molecule has 4 atom stereocenters. The number of rotatable bonds is 6. The van der Waals surface area contributed by atoms with Crippen LogP contribution in [-0.2, 0) is 15.5 Å². The summed E-state index contributed by atoms with van der Waals surface area (Å²) in [5.74, 6) is 1.35. The zero-order valence-electron chi connectivity index (χ0n) is 13.2. The maximum Gasteiger partial charge on any atom is 0.0577 e. The minimum Gasteiger partial charge on any atom is -0.384 e. The van der Waals surface area contributed by atoms with E-state index in [9.17, 15) is 4.21 Å². The van der Waals surface area contributed by atoms with E-state index in [1.54, 1.807) is 7.11 Å². The molecule has 19 heavy (non-hydrogen) atoms. The molecule has 0 radical (unpaired) electrons. The Hall–Kier alpha value is 0.0700. The quantitative estimate of drug-likeness (QED) is 0.817. The van der Waals surface area contributed by atoms with Gasteiger partial charge in [0.25, 0.3) is 0 Å². The molecular weight excluding hydrogens is 258 g/mol. The van der Waals surface area contributed by atoms with Gasteiger partial charge in [-0.15, -0.1) is 0 Å². The first kappa shape index (κ1) is 17.1. The van der Waals surface area contributed by atoms with Crippen LogP contribution in [0.3, 0.4) is 0 Å². The fourth-order valence-corrected chi connectivity index (χ4v) is 4.70. The Labute approximate surface area is 121 Å². The van der Waals surface area contributed by atoms with Gasteiger partial charge in [-0.25, -0.2) is 0 Å². The highest BCUT2D eigenvalue weighted by atomic mass is 32.2. The molecule has 1 saturated carbocycles. The largest absolute Gasteiger partial charge is 0.384 e. The molecule has 0 amide bonds. The van der Waals surface area contributed by atoms with Gasteiger partial charge in [0, 0.05) is 29.7 Å². The van der Waals surface area contributed by atoms with E-state index in [2.05, 4.69) is 33.0 Å². The lowest BCUT2D eigenvalue weighted by Crippen LogP contribution is -2.48. The Bertz CT molecular complexity index is 288. The van der Waals surface area contributed by atoms with Crippen LogP contribution in [0.15, 0.2) is 0 Å². The van der Waals surface area contributed by atoms with E-state index in [1.807, 2.05) is 0 Å². The Kier molecular flexibility index (Phi) is 6.98. The van der Waals surface area contributed by atoms with E-state index < -0.39 is 10.8 Å². The minimum atomic E-state index is -0.781. The molecule has 0 saturated heterocycles. The van der Waals surface area contributed by atoms with Crippen molar-refractivity contribution in [2.24, 2.45) is 11.3 Å². The summed E-state index contributed by atoms with van der Waals surface area (Å²) in [5, 5.41) is 3.82. The van der Waals surface area contributed by atoms with Crippen molar-refractivity contribution in [1.82, 2.24) is 5.32 Å². The topological polar surface area (TPSA) is 38.3 Å². The molecule has 0 aromatic carbocycles. The van der Waals surface area contributed by atoms with Gasteiger partial charge < -0.3 is 10.1 Å². The summed E-state index contributed by atoms with van der Waals surface area (Å²) in [6.07, 6.45) is 3.48. The second kappa shape index (κ2) is 7.75. The molecule has 0 heterocycles. The molecule has 1 N–H and O–H groups in total. The van der Waals surface area contributed by atoms with Crippen molar-refractivity contribution >= 4 is 10.8 Å². The average molecular weight is 289 g/mol. The molecule has 4 unspecified atom stereocenters. The van der Waals surface area contributed by atoms with Gasteiger partial charge in [0.15, 0.2) is 0 Å². The van der Waals surface area contributed by atoms with Crippen LogP contribution >= 0.6 is 0 Å². The summed E-state index contributed by atoms with van der Waals surface area (Å²) in [5.41, 5.74) is 0.320. The van der Waals surface area contributed by atoms with Crippen LogP contribution < -0.4 is 5.32 Å². The molecular formula is C15H31NO2S. The van der Waals surface area contributed by atoms with Crippen LogP contribution in [0.25, 0.3) is 0 Å². The van der Waals surface area contributed by atoms with Crippen LogP contribution in [0, 0.1) is 11.3 Å². The van der Waals surface area contributed by atoms with E-state index in [0.717, 1.165) is 19.4 Å². The van der Waals surface area contributed by atoms with Crippen molar-refractivity contribution in [1.29, 1.82) is 0 Å². The number of hydrogen-bond acceptors (Lipinski definition) is 3. The van der Waals surface area contributed by atoms with Gasteiger partial charge in [0.2, 0.25) is 0 Å². The second-order valence-corrected chi connectivity index (χ2v) is 8.43. The van der Waals surface area contributed by atoms with Crippen LogP contribution in [0.5, 0.6) is 0 Å². The molecule has 1 aliphatic carbocycles. The summed E-state index contributed by atoms with van der Waals surface area (Å²) in [4.78, 5) is 0. The number of methoxy groups -OCH3 is 1. The highest BCUT2D eigenvalue weighted by Gasteiger charge is 2.38. The molecule has 0 spiro atoms. The van der Waals surface area contributed by atoms with Crippen LogP contribution in [0.4, 0.5) is 0 Å². The zero-order chi connectivity index (χ0) is 14.5. The van der Waals surface area contributed by atoms with E-state index in [1.165, 1.54) is 6.42 Å². The Morgan fingerprint density at radius 1 is 1.32 bits per heavy atom. The highest BCUT2D eigenvalue weighted by molar-refractivity contribution is 7.85. The summed E-state index contributed by atoms with van der Waals surface area (Å²) < 4.78 is 17.6. The predicted octanol–water partition coefficient (Wildman–Crippen LogP) is 2.57. The fourth-order valence-electron chi connectivity index (χ4n) is 3.02. The van der Waals surface area contributed by atoms with Crippen molar-refractivity contribution in [3.8, 4) is 0 Å². The van der Waals surface area contributed by atoms with Crippen molar-refractivity contribution < 1.29 is 8.95 Å². The predicted molar refractivity (Wildman–Crippen MR) is 82.9 cm³/mol. The van der Waals surface area contributed by atoms with Gasteiger partial charge in [-0.05, 0) is 37.1 Å². The first-order chi connectivity index (χ1) is 8.90. The van der Waals surface area contributed by atoms with Gasteiger partial charge in [-0.3, -0.25) is 4.21 Å². The first-order valence-electron chi connectivity index (χ1n) is 7.49. The van der Waals surface area contributed by atoms with Crippen LogP contribution in [0.2, 0.25) is 0 Å². The molecule has 0 aromatic heterocycles. The molecule has 1 rings (SSSR count). The van der Waals surface area contributed by atoms with E-state index in [-0.39, 0.29) is 5.25 Å². The zero-order valence-corrected chi connectivity index (χ0v) is 14.0. The Morgan fingerprint density at radius 3 is 2.53 bits per heavy atom. The Balaban J connectivity index is 2.70. The molecule has 0 aromatic rings. The molecule has 3 nitrogen and oxygen atoms in total. The number of ether oxygens (including phenoxy) is 1. The van der Waals surface area contributed by atoms with E-state index in [4.69, 9.17) is 4.74 Å². The molecule has 0 aliphatic heterocycles. The minimum absolute atomic E-state index is 0.285. The lowest BCUT2D eigenvalue weighted by Gasteiger charge is -2.41. The molecule has 1 fully saturated rings. The smallest absolute Gasteiger partial charge is 0.0577 e. The molecule has 1 aliphatic rings. The normalized spacial score (nSPS) is 30.3. The third kappa shape index (κ3) is 5.16. The molecule has 4 heteroatoms. The number of hydrogen-bond donors (Lipinski definition) is 1. The highest BCUT2D eigenvalue weighted by Crippen LogP contribution is 2.39. The third-order valence-corrected chi connectivity index (χ3v) is 6.07. The van der Waals surface area contributed by atoms with Crippen LogP contribution in [-0.4, -0.2) is 41.5 Å². The Morgan fingerprint density at radius 2 is 2.00 bits per heavy atom.